The molecule has 0 unspecified atom stereocenters. The largest absolute Gasteiger partial charge is 0.381 e. The zero-order valence-corrected chi connectivity index (χ0v) is 7.86. The van der Waals surface area contributed by atoms with E-state index in [0.29, 0.717) is 0 Å². The Morgan fingerprint density at radius 1 is 1.53 bits per heavy atom. The first kappa shape index (κ1) is 9.38. The van der Waals surface area contributed by atoms with Gasteiger partial charge < -0.3 is 5.73 Å². The van der Waals surface area contributed by atoms with E-state index < -0.39 is 5.82 Å². The highest BCUT2D eigenvalue weighted by molar-refractivity contribution is 5.58. The van der Waals surface area contributed by atoms with Gasteiger partial charge in [0.25, 0.3) is 5.56 Å². The number of nitrogen functional groups attached to an aromatic ring is 1. The number of rotatable bonds is 1. The number of hydrogen-bond acceptors (Lipinski definition) is 4. The molecule has 0 radical (unpaired) electrons. The summed E-state index contributed by atoms with van der Waals surface area (Å²) in [6.45, 7) is 0. The lowest BCUT2D eigenvalue weighted by Gasteiger charge is -1.92. The highest BCUT2D eigenvalue weighted by Crippen LogP contribution is 2.21. The predicted molar refractivity (Wildman–Crippen MR) is 51.4 cm³/mol. The Bertz CT molecular complexity index is 538. The third kappa shape index (κ3) is 1.47. The zero-order chi connectivity index (χ0) is 11.0. The fraction of sp³-hybridized carbons (Fsp3) is 0.125. The Morgan fingerprint density at radius 3 is 2.73 bits per heavy atom. The molecule has 0 aromatic carbocycles. The maximum absolute atomic E-state index is 13.5. The van der Waals surface area contributed by atoms with E-state index in [1.165, 1.54) is 23.9 Å². The van der Waals surface area contributed by atoms with E-state index in [2.05, 4.69) is 15.3 Å². The average molecular weight is 209 g/mol. The van der Waals surface area contributed by atoms with Crippen LogP contribution in [0.4, 0.5) is 10.2 Å². The highest BCUT2D eigenvalue weighted by Gasteiger charge is 2.16. The van der Waals surface area contributed by atoms with Crippen LogP contribution in [0, 0.1) is 5.82 Å². The first-order valence-electron chi connectivity index (χ1n) is 4.13. The van der Waals surface area contributed by atoms with Crippen molar-refractivity contribution in [3.05, 3.63) is 28.3 Å². The van der Waals surface area contributed by atoms with E-state index in [9.17, 15) is 9.18 Å². The molecule has 0 saturated carbocycles. The van der Waals surface area contributed by atoms with Gasteiger partial charge in [0.1, 0.15) is 5.69 Å². The molecule has 0 atom stereocenters. The number of nitrogens with one attached hydrogen (secondary N) is 1. The second-order valence-electron chi connectivity index (χ2n) is 2.98. The molecule has 2 aromatic heterocycles. The van der Waals surface area contributed by atoms with Crippen LogP contribution in [0.2, 0.25) is 0 Å². The van der Waals surface area contributed by atoms with Gasteiger partial charge in [-0.05, 0) is 6.07 Å². The summed E-state index contributed by atoms with van der Waals surface area (Å²) in [5.41, 5.74) is 5.29. The molecule has 0 saturated heterocycles. The number of nitrogens with zero attached hydrogens (tertiary/aromatic N) is 3. The van der Waals surface area contributed by atoms with Crippen LogP contribution in [0.1, 0.15) is 0 Å². The molecule has 0 aliphatic carbocycles. The van der Waals surface area contributed by atoms with E-state index in [1.54, 1.807) is 0 Å². The monoisotopic (exact) mass is 209 g/mol. The Hall–Kier alpha value is -2.18. The first-order valence-corrected chi connectivity index (χ1v) is 4.13. The van der Waals surface area contributed by atoms with Crippen molar-refractivity contribution < 1.29 is 4.39 Å². The molecule has 7 heteroatoms. The lowest BCUT2D eigenvalue weighted by molar-refractivity contribution is 0.633. The van der Waals surface area contributed by atoms with Gasteiger partial charge in [0.2, 0.25) is 0 Å². The molecule has 0 amide bonds. The van der Waals surface area contributed by atoms with Gasteiger partial charge in [0.15, 0.2) is 17.3 Å². The number of aromatic nitrogens is 4. The molecule has 2 heterocycles. The Labute approximate surface area is 83.5 Å². The number of nitrogens with two attached hydrogens (primary N) is 1. The Kier molecular flexibility index (Phi) is 2.00. The molecule has 2 aromatic rings. The summed E-state index contributed by atoms with van der Waals surface area (Å²) in [5.74, 6) is -0.713. The summed E-state index contributed by atoms with van der Waals surface area (Å²) in [6, 6.07) is 2.62. The zero-order valence-electron chi connectivity index (χ0n) is 7.86. The number of halogens is 1. The van der Waals surface area contributed by atoms with Crippen LogP contribution in [-0.2, 0) is 7.05 Å². The van der Waals surface area contributed by atoms with Gasteiger partial charge >= 0.3 is 0 Å². The van der Waals surface area contributed by atoms with Crippen molar-refractivity contribution in [2.24, 2.45) is 7.05 Å². The molecule has 15 heavy (non-hydrogen) atoms. The third-order valence-electron chi connectivity index (χ3n) is 1.95. The summed E-state index contributed by atoms with van der Waals surface area (Å²) in [4.78, 5) is 10.7. The summed E-state index contributed by atoms with van der Waals surface area (Å²) in [6.07, 6.45) is 0. The van der Waals surface area contributed by atoms with Crippen LogP contribution in [0.3, 0.4) is 0 Å². The van der Waals surface area contributed by atoms with Crippen LogP contribution in [0.15, 0.2) is 16.9 Å². The van der Waals surface area contributed by atoms with Gasteiger partial charge in [0, 0.05) is 13.1 Å². The average Bonchev–Trinajstić information content (AvgIpc) is 2.47. The van der Waals surface area contributed by atoms with Crippen LogP contribution < -0.4 is 11.3 Å². The quantitative estimate of drug-likeness (QED) is 0.685. The maximum atomic E-state index is 13.5. The fourth-order valence-electron chi connectivity index (χ4n) is 1.15. The number of hydrogen-bond donors (Lipinski definition) is 2. The highest BCUT2D eigenvalue weighted by atomic mass is 19.1. The lowest BCUT2D eigenvalue weighted by Crippen LogP contribution is -2.06. The number of H-pyrrole nitrogens is 1. The van der Waals surface area contributed by atoms with E-state index >= 15 is 0 Å². The number of aryl methyl sites for hydroxylation is 1. The minimum atomic E-state index is -0.642. The Balaban J connectivity index is 2.59. The molecular weight excluding hydrogens is 201 g/mol. The van der Waals surface area contributed by atoms with E-state index in [0.717, 1.165) is 0 Å². The molecule has 2 rings (SSSR count). The van der Waals surface area contributed by atoms with Gasteiger partial charge in [-0.25, -0.2) is 14.2 Å². The standard InChI is InChI=1S/C8H8FN5O/c1-14-8(10)6(9)7(13-14)4-2-3-5(15)12-11-4/h2-3H,10H2,1H3,(H,12,15). The minimum Gasteiger partial charge on any atom is -0.381 e. The number of aromatic amines is 1. The summed E-state index contributed by atoms with van der Waals surface area (Å²) in [5, 5.41) is 9.69. The van der Waals surface area contributed by atoms with Gasteiger partial charge in [-0.3, -0.25) is 4.79 Å². The first-order chi connectivity index (χ1) is 7.09. The molecule has 6 nitrogen and oxygen atoms in total. The summed E-state index contributed by atoms with van der Waals surface area (Å²) in [7, 11) is 1.52. The molecule has 78 valence electrons. The van der Waals surface area contributed by atoms with Gasteiger partial charge in [-0.15, -0.1) is 0 Å². The summed E-state index contributed by atoms with van der Waals surface area (Å²) < 4.78 is 14.7. The second kappa shape index (κ2) is 3.19. The van der Waals surface area contributed by atoms with Crippen molar-refractivity contribution in [3.63, 3.8) is 0 Å². The molecule has 0 bridgehead atoms. The van der Waals surface area contributed by atoms with Gasteiger partial charge in [-0.1, -0.05) is 0 Å². The third-order valence-corrected chi connectivity index (χ3v) is 1.95. The smallest absolute Gasteiger partial charge is 0.264 e. The molecule has 0 aliphatic heterocycles. The van der Waals surface area contributed by atoms with E-state index in [-0.39, 0.29) is 22.8 Å². The molecule has 0 aliphatic rings. The van der Waals surface area contributed by atoms with Crippen molar-refractivity contribution in [2.75, 3.05) is 5.73 Å². The molecular formula is C8H8FN5O. The van der Waals surface area contributed by atoms with Crippen molar-refractivity contribution in [1.29, 1.82) is 0 Å². The van der Waals surface area contributed by atoms with Gasteiger partial charge in [-0.2, -0.15) is 10.2 Å². The van der Waals surface area contributed by atoms with Crippen molar-refractivity contribution in [1.82, 2.24) is 20.0 Å². The second-order valence-corrected chi connectivity index (χ2v) is 2.98. The topological polar surface area (TPSA) is 89.6 Å². The maximum Gasteiger partial charge on any atom is 0.264 e. The molecule has 0 fully saturated rings. The summed E-state index contributed by atoms with van der Waals surface area (Å²) >= 11 is 0. The van der Waals surface area contributed by atoms with Crippen molar-refractivity contribution >= 4 is 5.82 Å². The number of anilines is 1. The Morgan fingerprint density at radius 2 is 2.27 bits per heavy atom. The van der Waals surface area contributed by atoms with Crippen LogP contribution in [0.5, 0.6) is 0 Å². The van der Waals surface area contributed by atoms with Crippen molar-refractivity contribution in [2.45, 2.75) is 0 Å². The van der Waals surface area contributed by atoms with Crippen LogP contribution >= 0.6 is 0 Å². The van der Waals surface area contributed by atoms with E-state index in [1.807, 2.05) is 0 Å². The normalized spacial score (nSPS) is 10.5. The predicted octanol–water partition coefficient (Wildman–Crippen LogP) is -0.108. The van der Waals surface area contributed by atoms with Gasteiger partial charge in [0.05, 0.1) is 0 Å². The minimum absolute atomic E-state index is 0.0197. The lowest BCUT2D eigenvalue weighted by atomic mass is 10.3. The fourth-order valence-corrected chi connectivity index (χ4v) is 1.15. The molecule has 0 spiro atoms. The van der Waals surface area contributed by atoms with Crippen LogP contribution in [0.25, 0.3) is 11.4 Å². The van der Waals surface area contributed by atoms with E-state index in [4.69, 9.17) is 5.73 Å². The van der Waals surface area contributed by atoms with Crippen molar-refractivity contribution in [3.8, 4) is 11.4 Å². The van der Waals surface area contributed by atoms with Crippen LogP contribution in [-0.4, -0.2) is 20.0 Å². The molecule has 3 N–H and O–H groups in total. The SMILES string of the molecule is Cn1nc(-c2ccc(=O)[nH]n2)c(F)c1N.